The van der Waals surface area contributed by atoms with Gasteiger partial charge in [-0.25, -0.2) is 0 Å². The third-order valence-corrected chi connectivity index (χ3v) is 0. The zero-order valence-corrected chi connectivity index (χ0v) is 11.9. The van der Waals surface area contributed by atoms with E-state index in [1.54, 1.807) is 0 Å². The van der Waals surface area contributed by atoms with E-state index in [0.29, 0.717) is 0 Å². The highest BCUT2D eigenvalue weighted by molar-refractivity contribution is 6.63. The molecule has 7 heteroatoms. The number of alkyl halides is 7. The van der Waals surface area contributed by atoms with Gasteiger partial charge in [0.15, 0.2) is 4.30 Å². The molecule has 0 aromatic rings. The Bertz CT molecular complexity index is 28.2. The van der Waals surface area contributed by atoms with Gasteiger partial charge < -0.3 is 0 Å². The molecule has 0 saturated carbocycles. The van der Waals surface area contributed by atoms with Crippen molar-refractivity contribution >= 4 is 81.2 Å². The summed E-state index contributed by atoms with van der Waals surface area (Å²) in [7, 11) is 0. The highest BCUT2D eigenvalue weighted by atomic mass is 35.6. The summed E-state index contributed by atoms with van der Waals surface area (Å²) in [4.78, 5) is 0. The van der Waals surface area contributed by atoms with Gasteiger partial charge in [0.25, 0.3) is 0 Å². The fourth-order valence-corrected chi connectivity index (χ4v) is 0. The molecule has 80 valence electrons. The summed E-state index contributed by atoms with van der Waals surface area (Å²) in [5.74, 6) is 0.722. The van der Waals surface area contributed by atoms with Gasteiger partial charge in [0.05, 0.1) is 5.34 Å². The molecule has 0 nitrogen and oxygen atoms in total. The molecule has 0 radical (unpaired) electrons. The van der Waals surface area contributed by atoms with Crippen molar-refractivity contribution in [3.63, 3.8) is 0 Å². The van der Waals surface area contributed by atoms with Crippen LogP contribution < -0.4 is 0 Å². The largest absolute Gasteiger partial charge is 0.180 e. The average molecular weight is 319 g/mol. The van der Waals surface area contributed by atoms with Gasteiger partial charge in [-0.3, -0.25) is 0 Å². The fraction of sp³-hybridized carbons (Fsp3) is 1.00. The van der Waals surface area contributed by atoms with Gasteiger partial charge in [-0.15, -0.1) is 46.4 Å². The average Bonchev–Trinajstić information content (AvgIpc) is 1.92. The molecule has 0 aliphatic heterocycles. The highest BCUT2D eigenvalue weighted by Crippen LogP contribution is 2.03. The Hall–Kier alpha value is 2.03. The van der Waals surface area contributed by atoms with E-state index in [1.807, 2.05) is 6.92 Å². The van der Waals surface area contributed by atoms with Gasteiger partial charge in [-0.05, 0) is 0 Å². The smallest absolute Gasteiger partial charge is 0.130 e. The predicted octanol–water partition coefficient (Wildman–Crippen LogP) is 5.51. The van der Waals surface area contributed by atoms with E-state index in [-0.39, 0.29) is 5.34 Å². The molecule has 0 spiro atoms. The molecular formula is C5H11Cl7. The Kier molecular flexibility index (Phi) is 75.3. The van der Waals surface area contributed by atoms with Crippen LogP contribution in [0.5, 0.6) is 0 Å². The van der Waals surface area contributed by atoms with Crippen LogP contribution in [0.1, 0.15) is 6.92 Å². The number of rotatable bonds is 0. The van der Waals surface area contributed by atoms with Gasteiger partial charge in [0.1, 0.15) is 0 Å². The van der Waals surface area contributed by atoms with E-state index < -0.39 is 4.30 Å². The first-order valence-electron chi connectivity index (χ1n) is 2.54. The third-order valence-electron chi connectivity index (χ3n) is 0. The second kappa shape index (κ2) is 38.2. The molecule has 0 amide bonds. The minimum absolute atomic E-state index is 0.194. The van der Waals surface area contributed by atoms with Crippen LogP contribution in [0, 0.1) is 0 Å². The normalized spacial score (nSPS) is 6.50. The maximum Gasteiger partial charge on any atom is 0.180 e. The molecule has 0 rings (SSSR count). The lowest BCUT2D eigenvalue weighted by Gasteiger charge is -1.69. The van der Waals surface area contributed by atoms with Crippen LogP contribution in [0.2, 0.25) is 0 Å². The van der Waals surface area contributed by atoms with E-state index in [4.69, 9.17) is 69.6 Å². The maximum absolute atomic E-state index is 5.00. The van der Waals surface area contributed by atoms with Gasteiger partial charge in [0.2, 0.25) is 0 Å². The summed E-state index contributed by atoms with van der Waals surface area (Å²) in [6.07, 6.45) is 1.47. The highest BCUT2D eigenvalue weighted by Gasteiger charge is 1.78. The Morgan fingerprint density at radius 2 is 0.917 bits per heavy atom. The minimum Gasteiger partial charge on any atom is -0.130 e. The van der Waals surface area contributed by atoms with Crippen molar-refractivity contribution < 1.29 is 0 Å². The zero-order chi connectivity index (χ0) is 11.0. The van der Waals surface area contributed by atoms with Crippen LogP contribution in [-0.4, -0.2) is 21.9 Å². The lowest BCUT2D eigenvalue weighted by molar-refractivity contribution is 1.51. The van der Waals surface area contributed by atoms with Crippen molar-refractivity contribution in [3.05, 3.63) is 0 Å². The number of hydrogen-bond acceptors (Lipinski definition) is 0. The zero-order valence-electron chi connectivity index (χ0n) is 6.64. The van der Waals surface area contributed by atoms with Crippen molar-refractivity contribution in [3.8, 4) is 0 Å². The molecule has 0 heterocycles. The lowest BCUT2D eigenvalue weighted by atomic mass is 11.0. The van der Waals surface area contributed by atoms with E-state index in [0.717, 1.165) is 5.88 Å². The van der Waals surface area contributed by atoms with Gasteiger partial charge in [-0.2, -0.15) is 0 Å². The lowest BCUT2D eigenvalue weighted by Crippen LogP contribution is -1.55. The van der Waals surface area contributed by atoms with Crippen LogP contribution >= 0.6 is 81.2 Å². The minimum atomic E-state index is -0.750. The molecule has 0 atom stereocenters. The number of hydrogen-bond donors (Lipinski definition) is 0. The van der Waals surface area contributed by atoms with Gasteiger partial charge in [0, 0.05) is 12.3 Å². The fourth-order valence-electron chi connectivity index (χ4n) is 0. The molecule has 0 unspecified atom stereocenters. The van der Waals surface area contributed by atoms with Gasteiger partial charge in [-0.1, -0.05) is 41.7 Å². The third kappa shape index (κ3) is 355. The van der Waals surface area contributed by atoms with Crippen molar-refractivity contribution in [1.82, 2.24) is 0 Å². The molecule has 0 saturated heterocycles. The van der Waals surface area contributed by atoms with Crippen LogP contribution in [0.15, 0.2) is 0 Å². The first kappa shape index (κ1) is 23.7. The van der Waals surface area contributed by atoms with Crippen LogP contribution in [-0.2, 0) is 0 Å². The Labute approximate surface area is 109 Å². The first-order chi connectivity index (χ1) is 5.56. The Morgan fingerprint density at radius 3 is 0.917 bits per heavy atom. The molecular weight excluding hydrogens is 308 g/mol. The Balaban J connectivity index is -0.0000000368. The predicted molar refractivity (Wildman–Crippen MR) is 66.1 cm³/mol. The van der Waals surface area contributed by atoms with Crippen molar-refractivity contribution in [2.75, 3.05) is 17.6 Å². The molecule has 0 fully saturated rings. The second-order valence-corrected chi connectivity index (χ2v) is 3.94. The summed E-state index contributed by atoms with van der Waals surface area (Å²) < 4.78 is -0.750. The summed E-state index contributed by atoms with van der Waals surface area (Å²) in [5.41, 5.74) is 0. The van der Waals surface area contributed by atoms with E-state index >= 15 is 0 Å². The Morgan fingerprint density at radius 1 is 0.917 bits per heavy atom. The maximum atomic E-state index is 5.00. The molecule has 0 aliphatic carbocycles. The van der Waals surface area contributed by atoms with Crippen molar-refractivity contribution in [1.29, 1.82) is 0 Å². The van der Waals surface area contributed by atoms with Gasteiger partial charge >= 0.3 is 0 Å². The molecule has 0 aromatic carbocycles. The SMILES string of the molecule is CCCl.CCl.ClC(Cl)Cl.ClCCl. The van der Waals surface area contributed by atoms with E-state index in [1.165, 1.54) is 6.38 Å². The molecule has 0 bridgehead atoms. The monoisotopic (exact) mass is 316 g/mol. The molecule has 12 heavy (non-hydrogen) atoms. The standard InChI is InChI=1S/C2H5Cl.CHCl3.CH2Cl2.CH3Cl/c1-2-3;2-1(3)4;2-1-3;1-2/h2H2,1H3;1H;1H2;1H3. The van der Waals surface area contributed by atoms with Crippen LogP contribution in [0.3, 0.4) is 0 Å². The quantitative estimate of drug-likeness (QED) is 0.517. The van der Waals surface area contributed by atoms with E-state index in [2.05, 4.69) is 11.6 Å². The molecule has 0 aromatic heterocycles. The summed E-state index contributed by atoms with van der Waals surface area (Å²) in [6.45, 7) is 1.89. The molecule has 0 N–H and O–H groups in total. The van der Waals surface area contributed by atoms with E-state index in [9.17, 15) is 0 Å². The van der Waals surface area contributed by atoms with Crippen molar-refractivity contribution in [2.24, 2.45) is 0 Å². The van der Waals surface area contributed by atoms with Crippen molar-refractivity contribution in [2.45, 2.75) is 11.2 Å². The first-order valence-corrected chi connectivity index (χ1v) is 6.21. The summed E-state index contributed by atoms with van der Waals surface area (Å²) in [5, 5.41) is 0.194. The second-order valence-electron chi connectivity index (χ2n) is 0.616. The molecule has 0 aliphatic rings. The number of halogens is 7. The summed E-state index contributed by atoms with van der Waals surface area (Å²) >= 11 is 33.6. The van der Waals surface area contributed by atoms with Crippen LogP contribution in [0.4, 0.5) is 0 Å². The van der Waals surface area contributed by atoms with Crippen LogP contribution in [0.25, 0.3) is 0 Å². The summed E-state index contributed by atoms with van der Waals surface area (Å²) in [6, 6.07) is 0. The topological polar surface area (TPSA) is 0 Å².